The van der Waals surface area contributed by atoms with Gasteiger partial charge in [0.15, 0.2) is 5.37 Å². The van der Waals surface area contributed by atoms with E-state index in [-0.39, 0.29) is 0 Å². The van der Waals surface area contributed by atoms with Crippen molar-refractivity contribution >= 4 is 10.1 Å². The first-order valence-electron chi connectivity index (χ1n) is 9.14. The summed E-state index contributed by atoms with van der Waals surface area (Å²) in [7, 11) is -0.692. The SMILES string of the molecule is CCCCCCCCCCCCCCC([NH+](C)C)S(=O)(=O)[O-]. The van der Waals surface area contributed by atoms with Crippen molar-refractivity contribution in [3.8, 4) is 0 Å². The molecule has 0 aromatic rings. The largest absolute Gasteiger partial charge is 0.743 e. The average molecular weight is 336 g/mol. The Balaban J connectivity index is 3.43. The lowest BCUT2D eigenvalue weighted by Crippen LogP contribution is -3.11. The predicted molar refractivity (Wildman–Crippen MR) is 92.0 cm³/mol. The molecule has 4 nitrogen and oxygen atoms in total. The first kappa shape index (κ1) is 21.9. The number of unbranched alkanes of at least 4 members (excludes halogenated alkanes) is 11. The second-order valence-corrected chi connectivity index (χ2v) is 8.29. The highest BCUT2D eigenvalue weighted by Crippen LogP contribution is 2.13. The number of quaternary nitrogens is 1. The molecule has 134 valence electrons. The van der Waals surface area contributed by atoms with Crippen LogP contribution < -0.4 is 4.90 Å². The minimum Gasteiger partial charge on any atom is -0.743 e. The Morgan fingerprint density at radius 1 is 0.773 bits per heavy atom. The van der Waals surface area contributed by atoms with Gasteiger partial charge in [0.05, 0.1) is 14.1 Å². The van der Waals surface area contributed by atoms with E-state index < -0.39 is 15.5 Å². The molecule has 0 aromatic heterocycles. The molecule has 0 saturated heterocycles. The third-order valence-corrected chi connectivity index (χ3v) is 5.72. The molecule has 0 spiro atoms. The molecule has 0 aliphatic carbocycles. The molecule has 0 fully saturated rings. The van der Waals surface area contributed by atoms with Gasteiger partial charge in [-0.2, -0.15) is 0 Å². The maximum atomic E-state index is 11.1. The van der Waals surface area contributed by atoms with Crippen LogP contribution in [0, 0.1) is 0 Å². The summed E-state index contributed by atoms with van der Waals surface area (Å²) < 4.78 is 33.4. The maximum Gasteiger partial charge on any atom is 0.177 e. The summed E-state index contributed by atoms with van der Waals surface area (Å²) in [6.45, 7) is 2.24. The highest BCUT2D eigenvalue weighted by atomic mass is 32.2. The highest BCUT2D eigenvalue weighted by Gasteiger charge is 2.21. The van der Waals surface area contributed by atoms with Crippen LogP contribution >= 0.6 is 0 Å². The van der Waals surface area contributed by atoms with Crippen molar-refractivity contribution in [1.29, 1.82) is 0 Å². The van der Waals surface area contributed by atoms with Gasteiger partial charge in [-0.25, -0.2) is 8.42 Å². The smallest absolute Gasteiger partial charge is 0.177 e. The first-order chi connectivity index (χ1) is 10.4. The van der Waals surface area contributed by atoms with Gasteiger partial charge in [0.25, 0.3) is 0 Å². The molecule has 0 saturated carbocycles. The van der Waals surface area contributed by atoms with E-state index in [1.54, 1.807) is 14.1 Å². The van der Waals surface area contributed by atoms with Crippen LogP contribution in [-0.4, -0.2) is 32.4 Å². The van der Waals surface area contributed by atoms with Crippen LogP contribution in [-0.2, 0) is 10.1 Å². The van der Waals surface area contributed by atoms with Crippen molar-refractivity contribution in [3.05, 3.63) is 0 Å². The van der Waals surface area contributed by atoms with E-state index >= 15 is 0 Å². The lowest BCUT2D eigenvalue weighted by molar-refractivity contribution is -0.871. The molecule has 1 atom stereocenters. The second-order valence-electron chi connectivity index (χ2n) is 6.74. The van der Waals surface area contributed by atoms with E-state index in [1.165, 1.54) is 57.8 Å². The molecule has 0 heterocycles. The van der Waals surface area contributed by atoms with Gasteiger partial charge in [0, 0.05) is 6.42 Å². The van der Waals surface area contributed by atoms with Gasteiger partial charge in [-0.3, -0.25) is 0 Å². The normalized spacial score (nSPS) is 13.7. The zero-order chi connectivity index (χ0) is 16.8. The fourth-order valence-corrected chi connectivity index (χ4v) is 3.93. The fraction of sp³-hybridized carbons (Fsp3) is 1.00. The van der Waals surface area contributed by atoms with E-state index in [2.05, 4.69) is 6.92 Å². The van der Waals surface area contributed by atoms with Gasteiger partial charge in [-0.1, -0.05) is 77.6 Å². The van der Waals surface area contributed by atoms with Gasteiger partial charge in [0.2, 0.25) is 0 Å². The van der Waals surface area contributed by atoms with Gasteiger partial charge in [-0.15, -0.1) is 0 Å². The summed E-state index contributed by atoms with van der Waals surface area (Å²) >= 11 is 0. The highest BCUT2D eigenvalue weighted by molar-refractivity contribution is 7.86. The number of hydrogen-bond donors (Lipinski definition) is 1. The van der Waals surface area contributed by atoms with Gasteiger partial charge in [0.1, 0.15) is 10.1 Å². The summed E-state index contributed by atoms with van der Waals surface area (Å²) in [6.07, 6.45) is 15.5. The van der Waals surface area contributed by atoms with E-state index in [0.717, 1.165) is 24.2 Å². The Hall–Kier alpha value is -0.130. The summed E-state index contributed by atoms with van der Waals surface area (Å²) in [6, 6.07) is 0. The van der Waals surface area contributed by atoms with E-state index in [4.69, 9.17) is 0 Å². The lowest BCUT2D eigenvalue weighted by Gasteiger charge is -2.23. The number of nitrogens with one attached hydrogen (secondary N) is 1. The topological polar surface area (TPSA) is 61.6 Å². The van der Waals surface area contributed by atoms with Crippen LogP contribution in [0.25, 0.3) is 0 Å². The zero-order valence-corrected chi connectivity index (χ0v) is 15.7. The van der Waals surface area contributed by atoms with Crippen LogP contribution in [0.1, 0.15) is 90.4 Å². The third kappa shape index (κ3) is 12.4. The van der Waals surface area contributed by atoms with E-state index in [1.807, 2.05) is 0 Å². The van der Waals surface area contributed by atoms with E-state index in [0.29, 0.717) is 6.42 Å². The maximum absolute atomic E-state index is 11.1. The minimum atomic E-state index is -4.17. The molecule has 0 radical (unpaired) electrons. The molecule has 1 unspecified atom stereocenters. The van der Waals surface area contributed by atoms with Gasteiger partial charge >= 0.3 is 0 Å². The van der Waals surface area contributed by atoms with Crippen LogP contribution in [0.4, 0.5) is 0 Å². The van der Waals surface area contributed by atoms with Crippen molar-refractivity contribution in [3.63, 3.8) is 0 Å². The lowest BCUT2D eigenvalue weighted by atomic mass is 10.0. The monoisotopic (exact) mass is 335 g/mol. The number of hydrogen-bond acceptors (Lipinski definition) is 3. The summed E-state index contributed by atoms with van der Waals surface area (Å²) in [4.78, 5) is 0.720. The quantitative estimate of drug-likeness (QED) is 0.369. The fourth-order valence-electron chi connectivity index (χ4n) is 2.89. The zero-order valence-electron chi connectivity index (χ0n) is 14.9. The van der Waals surface area contributed by atoms with Crippen molar-refractivity contribution < 1.29 is 17.9 Å². The van der Waals surface area contributed by atoms with Crippen molar-refractivity contribution in [2.24, 2.45) is 0 Å². The molecule has 0 rings (SSSR count). The molecular formula is C17H37NO3S. The second kappa shape index (κ2) is 13.3. The Morgan fingerprint density at radius 3 is 1.45 bits per heavy atom. The molecule has 0 bridgehead atoms. The molecule has 0 aliphatic heterocycles. The van der Waals surface area contributed by atoms with Crippen molar-refractivity contribution in [2.45, 2.75) is 95.8 Å². The van der Waals surface area contributed by atoms with Crippen molar-refractivity contribution in [1.82, 2.24) is 0 Å². The Kier molecular flexibility index (Phi) is 13.2. The molecule has 0 aromatic carbocycles. The van der Waals surface area contributed by atoms with Gasteiger partial charge < -0.3 is 9.45 Å². The minimum absolute atomic E-state index is 0.492. The van der Waals surface area contributed by atoms with Crippen molar-refractivity contribution in [2.75, 3.05) is 14.1 Å². The molecular weight excluding hydrogens is 298 g/mol. The molecule has 0 aliphatic rings. The summed E-state index contributed by atoms with van der Waals surface area (Å²) in [5.41, 5.74) is 0. The molecule has 22 heavy (non-hydrogen) atoms. The third-order valence-electron chi connectivity index (χ3n) is 4.31. The molecule has 1 N–H and O–H groups in total. The number of rotatable bonds is 15. The summed E-state index contributed by atoms with van der Waals surface area (Å²) in [5.74, 6) is 0. The van der Waals surface area contributed by atoms with Crippen LogP contribution in [0.5, 0.6) is 0 Å². The van der Waals surface area contributed by atoms with Gasteiger partial charge in [-0.05, 0) is 6.42 Å². The Morgan fingerprint density at radius 2 is 1.14 bits per heavy atom. The average Bonchev–Trinajstić information content (AvgIpc) is 2.42. The van der Waals surface area contributed by atoms with Crippen LogP contribution in [0.3, 0.4) is 0 Å². The summed E-state index contributed by atoms with van der Waals surface area (Å²) in [5, 5.41) is -0.782. The van der Waals surface area contributed by atoms with E-state index in [9.17, 15) is 13.0 Å². The van der Waals surface area contributed by atoms with Crippen LogP contribution in [0.15, 0.2) is 0 Å². The standard InChI is InChI=1S/C17H37NO3S/c1-4-5-6-7-8-9-10-11-12-13-14-15-16-17(18(2)3)22(19,20)21/h17H,4-16H2,1-3H3,(H,19,20,21). The molecule has 0 amide bonds. The predicted octanol–water partition coefficient (Wildman–Crippen LogP) is 3.09. The van der Waals surface area contributed by atoms with Crippen LogP contribution in [0.2, 0.25) is 0 Å². The Labute approximate surface area is 138 Å². The Bertz CT molecular complexity index is 342. The molecule has 5 heteroatoms. The first-order valence-corrected chi connectivity index (χ1v) is 10.6.